The number of hydrogen-bond acceptors (Lipinski definition) is 5. The summed E-state index contributed by atoms with van der Waals surface area (Å²) in [7, 11) is 2.94. The van der Waals surface area contributed by atoms with Gasteiger partial charge in [0.2, 0.25) is 45.9 Å². The summed E-state index contributed by atoms with van der Waals surface area (Å²) >= 11 is 3.51. The number of halogens is 6. The fourth-order valence-corrected chi connectivity index (χ4v) is 5.27. The zero-order valence-electron chi connectivity index (χ0n) is 21.5. The molecule has 5 rings (SSSR count). The van der Waals surface area contributed by atoms with E-state index in [2.05, 4.69) is 4.18 Å². The normalized spacial score (nSPS) is 11.9. The molecule has 1 heterocycles. The Morgan fingerprint density at radius 1 is 0.738 bits per heavy atom. The van der Waals surface area contributed by atoms with Crippen LogP contribution in [0.5, 0.6) is 17.2 Å². The Bertz CT molecular complexity index is 1940. The van der Waals surface area contributed by atoms with E-state index in [1.54, 1.807) is 36.4 Å². The van der Waals surface area contributed by atoms with Crippen LogP contribution >= 0.6 is 11.6 Å². The molecule has 13 heteroatoms. The second-order valence-electron chi connectivity index (χ2n) is 8.71. The Morgan fingerprint density at radius 3 is 2.10 bits per heavy atom. The lowest BCUT2D eigenvalue weighted by molar-refractivity contribution is 0.352. The summed E-state index contributed by atoms with van der Waals surface area (Å²) < 4.78 is 98.1. The van der Waals surface area contributed by atoms with Crippen LogP contribution in [0.4, 0.5) is 22.0 Å². The number of benzene rings is 4. The van der Waals surface area contributed by atoms with Gasteiger partial charge in [-0.15, -0.1) is 0 Å². The molecule has 0 saturated carbocycles. The molecule has 0 aliphatic heterocycles. The van der Waals surface area contributed by atoms with Crippen molar-refractivity contribution in [3.63, 3.8) is 0 Å². The van der Waals surface area contributed by atoms with Gasteiger partial charge in [-0.1, -0.05) is 17.7 Å². The Balaban J connectivity index is 1.55. The summed E-state index contributed by atoms with van der Waals surface area (Å²) in [6.45, 7) is 0. The molecule has 4 aromatic carbocycles. The summed E-state index contributed by atoms with van der Waals surface area (Å²) in [6.07, 6.45) is 0. The Kier molecular flexibility index (Phi) is 7.93. The molecule has 0 aliphatic carbocycles. The zero-order valence-corrected chi connectivity index (χ0v) is 23.1. The summed E-state index contributed by atoms with van der Waals surface area (Å²) in [5.41, 5.74) is 1.69. The first kappa shape index (κ1) is 29.1. The molecule has 0 radical (unpaired) electrons. The molecule has 5 aromatic rings. The fourth-order valence-electron chi connectivity index (χ4n) is 4.25. The Morgan fingerprint density at radius 2 is 1.43 bits per heavy atom. The van der Waals surface area contributed by atoms with Crippen LogP contribution in [0.1, 0.15) is 0 Å². The van der Waals surface area contributed by atoms with Crippen LogP contribution in [-0.4, -0.2) is 23.0 Å². The Labute approximate surface area is 242 Å². The molecular formula is C29H17ClF5NO5S. The van der Waals surface area contributed by atoms with Gasteiger partial charge in [-0.3, -0.25) is 9.36 Å². The third-order valence-electron chi connectivity index (χ3n) is 6.25. The molecule has 1 unspecified atom stereocenters. The van der Waals surface area contributed by atoms with Gasteiger partial charge in [-0.2, -0.15) is 8.78 Å². The summed E-state index contributed by atoms with van der Waals surface area (Å²) in [6, 6.07) is 16.8. The molecule has 0 spiro atoms. The maximum Gasteiger partial charge on any atom is 0.255 e. The quantitative estimate of drug-likeness (QED) is 0.110. The molecule has 1 atom stereocenters. The minimum absolute atomic E-state index is 0.172. The second kappa shape index (κ2) is 11.5. The van der Waals surface area contributed by atoms with Crippen molar-refractivity contribution in [1.29, 1.82) is 0 Å². The van der Waals surface area contributed by atoms with E-state index >= 15 is 0 Å². The lowest BCUT2D eigenvalue weighted by atomic mass is 10.0. The van der Waals surface area contributed by atoms with Gasteiger partial charge in [0, 0.05) is 16.5 Å². The van der Waals surface area contributed by atoms with Crippen LogP contribution < -0.4 is 19.2 Å². The first-order chi connectivity index (χ1) is 20.0. The van der Waals surface area contributed by atoms with E-state index in [1.807, 2.05) is 0 Å². The van der Waals surface area contributed by atoms with E-state index in [0.29, 0.717) is 38.7 Å². The number of ether oxygens (including phenoxy) is 2. The standard InChI is InChI=1S/C29H17ClF5NO5S/c1-39-18-10-16(9-17(30)13-18)14-3-6-21(22(12-14)40-2)36-20-7-5-19(11-15(20)4-8-23(36)37)42(38)41-29-27(34)25(32)24(31)26(33)28(29)35/h3-13H,1-2H3. The van der Waals surface area contributed by atoms with Crippen LogP contribution in [0.25, 0.3) is 27.7 Å². The number of pyridine rings is 1. The maximum atomic E-state index is 14.0. The number of hydrogen-bond donors (Lipinski definition) is 0. The van der Waals surface area contributed by atoms with Crippen molar-refractivity contribution in [2.75, 3.05) is 14.2 Å². The van der Waals surface area contributed by atoms with Gasteiger partial charge in [0.25, 0.3) is 5.56 Å². The zero-order chi connectivity index (χ0) is 30.3. The van der Waals surface area contributed by atoms with E-state index in [1.165, 1.54) is 49.1 Å². The van der Waals surface area contributed by atoms with Crippen LogP contribution in [0, 0.1) is 29.1 Å². The summed E-state index contributed by atoms with van der Waals surface area (Å²) in [5.74, 6) is -12.2. The molecule has 1 aromatic heterocycles. The molecule has 0 aliphatic rings. The van der Waals surface area contributed by atoms with Crippen LogP contribution in [0.3, 0.4) is 0 Å². The molecule has 0 N–H and O–H groups in total. The third kappa shape index (κ3) is 5.19. The predicted octanol–water partition coefficient (Wildman–Crippen LogP) is 7.13. The lowest BCUT2D eigenvalue weighted by Crippen LogP contribution is -2.18. The molecule has 216 valence electrons. The van der Waals surface area contributed by atoms with E-state index in [-0.39, 0.29) is 4.90 Å². The second-order valence-corrected chi connectivity index (χ2v) is 10.3. The van der Waals surface area contributed by atoms with Crippen LogP contribution in [-0.2, 0) is 11.1 Å². The molecule has 6 nitrogen and oxygen atoms in total. The molecule has 0 amide bonds. The van der Waals surface area contributed by atoms with Crippen LogP contribution in [0.2, 0.25) is 5.02 Å². The van der Waals surface area contributed by atoms with Gasteiger partial charge < -0.3 is 13.7 Å². The molecule has 0 saturated heterocycles. The SMILES string of the molecule is COc1cc(Cl)cc(-c2ccc(-n3c(=O)ccc4cc(S(=O)Oc5c(F)c(F)c(F)c(F)c5F)ccc43)c(OC)c2)c1. The molecule has 0 fully saturated rings. The highest BCUT2D eigenvalue weighted by molar-refractivity contribution is 7.80. The van der Waals surface area contributed by atoms with Crippen molar-refractivity contribution in [1.82, 2.24) is 4.57 Å². The van der Waals surface area contributed by atoms with Gasteiger partial charge in [0.15, 0.2) is 0 Å². The molecule has 42 heavy (non-hydrogen) atoms. The third-order valence-corrected chi connectivity index (χ3v) is 7.42. The minimum Gasteiger partial charge on any atom is -0.497 e. The number of fused-ring (bicyclic) bond motifs is 1. The number of nitrogens with zero attached hydrogens (tertiary/aromatic N) is 1. The van der Waals surface area contributed by atoms with E-state index in [4.69, 9.17) is 21.1 Å². The van der Waals surface area contributed by atoms with Gasteiger partial charge in [-0.05, 0) is 65.7 Å². The van der Waals surface area contributed by atoms with E-state index in [0.717, 1.165) is 5.56 Å². The average Bonchev–Trinajstić information content (AvgIpc) is 3.00. The van der Waals surface area contributed by atoms with Crippen LogP contribution in [0.15, 0.2) is 76.4 Å². The summed E-state index contributed by atoms with van der Waals surface area (Å²) in [5, 5.41) is 0.794. The lowest BCUT2D eigenvalue weighted by Gasteiger charge is -2.16. The van der Waals surface area contributed by atoms with Gasteiger partial charge >= 0.3 is 0 Å². The fraction of sp³-hybridized carbons (Fsp3) is 0.0690. The van der Waals surface area contributed by atoms with E-state index < -0.39 is 51.5 Å². The Hall–Kier alpha value is -4.42. The van der Waals surface area contributed by atoms with Crippen molar-refractivity contribution in [3.8, 4) is 34.1 Å². The molecule has 0 bridgehead atoms. The minimum atomic E-state index is -2.69. The van der Waals surface area contributed by atoms with E-state index in [9.17, 15) is 31.0 Å². The highest BCUT2D eigenvalue weighted by atomic mass is 35.5. The highest BCUT2D eigenvalue weighted by Crippen LogP contribution is 2.35. The smallest absolute Gasteiger partial charge is 0.255 e. The van der Waals surface area contributed by atoms with Gasteiger partial charge in [0.1, 0.15) is 11.5 Å². The van der Waals surface area contributed by atoms with Crippen molar-refractivity contribution >= 4 is 33.6 Å². The van der Waals surface area contributed by atoms with Crippen molar-refractivity contribution < 1.29 is 39.8 Å². The average molecular weight is 622 g/mol. The summed E-state index contributed by atoms with van der Waals surface area (Å²) in [4.78, 5) is 12.8. The predicted molar refractivity (Wildman–Crippen MR) is 146 cm³/mol. The van der Waals surface area contributed by atoms with Crippen molar-refractivity contribution in [2.45, 2.75) is 4.90 Å². The first-order valence-corrected chi connectivity index (χ1v) is 13.3. The highest BCUT2D eigenvalue weighted by Gasteiger charge is 2.29. The maximum absolute atomic E-state index is 14.0. The first-order valence-electron chi connectivity index (χ1n) is 11.8. The van der Waals surface area contributed by atoms with Gasteiger partial charge in [-0.25, -0.2) is 17.4 Å². The van der Waals surface area contributed by atoms with Gasteiger partial charge in [0.05, 0.1) is 30.3 Å². The van der Waals surface area contributed by atoms with Crippen molar-refractivity contribution in [2.24, 2.45) is 0 Å². The van der Waals surface area contributed by atoms with Crippen molar-refractivity contribution in [3.05, 3.63) is 111 Å². The number of aromatic nitrogens is 1. The number of methoxy groups -OCH3 is 2. The molecular weight excluding hydrogens is 605 g/mol. The largest absolute Gasteiger partial charge is 0.497 e. The topological polar surface area (TPSA) is 66.8 Å². The monoisotopic (exact) mass is 621 g/mol. The number of rotatable bonds is 7.